The van der Waals surface area contributed by atoms with Crippen LogP contribution in [0.1, 0.15) is 40.0 Å². The molecule has 2 aliphatic rings. The molecule has 2 bridgehead atoms. The van der Waals surface area contributed by atoms with Crippen molar-refractivity contribution in [3.05, 3.63) is 0 Å². The van der Waals surface area contributed by atoms with E-state index in [2.05, 4.69) is 16.7 Å². The third kappa shape index (κ3) is 3.85. The minimum Gasteiger partial charge on any atom is -0.372 e. The summed E-state index contributed by atoms with van der Waals surface area (Å²) in [5.41, 5.74) is 0. The predicted molar refractivity (Wildman–Crippen MR) is 63.8 cm³/mol. The van der Waals surface area contributed by atoms with Crippen LogP contribution in [0.15, 0.2) is 0 Å². The summed E-state index contributed by atoms with van der Waals surface area (Å²) in [6.45, 7) is 9.00. The minimum atomic E-state index is 0.492. The molecule has 2 saturated heterocycles. The number of hydrogen-bond acceptors (Lipinski definition) is 2. The van der Waals surface area contributed by atoms with Crippen LogP contribution in [0.3, 0.4) is 0 Å². The Morgan fingerprint density at radius 2 is 1.80 bits per heavy atom. The Morgan fingerprint density at radius 1 is 1.20 bits per heavy atom. The second-order valence-corrected chi connectivity index (χ2v) is 3.93. The predicted octanol–water partition coefficient (Wildman–Crippen LogP) is 2.29. The van der Waals surface area contributed by atoms with Crippen LogP contribution in [0.25, 0.3) is 0 Å². The van der Waals surface area contributed by atoms with E-state index in [1.165, 1.54) is 19.3 Å². The van der Waals surface area contributed by atoms with Crippen molar-refractivity contribution >= 4 is 0 Å². The molecule has 2 unspecified atom stereocenters. The second kappa shape index (κ2) is 6.87. The normalized spacial score (nSPS) is 29.5. The fourth-order valence-corrected chi connectivity index (χ4v) is 2.22. The van der Waals surface area contributed by atoms with Gasteiger partial charge in [-0.1, -0.05) is 19.8 Å². The number of fused-ring (bicyclic) bond motifs is 2. The molecule has 0 N–H and O–H groups in total. The average molecular weight is 209 g/mol. The zero-order chi connectivity index (χ0) is 11.1. The van der Waals surface area contributed by atoms with Crippen LogP contribution in [0.2, 0.25) is 0 Å². The smallest absolute Gasteiger partial charge is 0.0706 e. The number of rotatable bonds is 1. The van der Waals surface area contributed by atoms with Gasteiger partial charge >= 0.3 is 0 Å². The summed E-state index contributed by atoms with van der Waals surface area (Å²) >= 11 is 0. The van der Waals surface area contributed by atoms with Crippen molar-refractivity contribution in [2.75, 3.05) is 19.6 Å². The molecule has 2 nitrogen and oxygen atoms in total. The zero-order valence-corrected chi connectivity index (χ0v) is 10.3. The molecule has 2 aliphatic heterocycles. The standard InChI is InChI=1S/C11H17NO.C2H6/c1-2-3-7-12-8-10-5-4-6-11(9-12)13-10;1-2/h10-11H,4-9H2,1H3;1-2H3. The molecule has 0 aromatic carbocycles. The third-order valence-corrected chi connectivity index (χ3v) is 2.84. The number of ether oxygens (including phenoxy) is 1. The van der Waals surface area contributed by atoms with E-state index in [1.807, 2.05) is 20.8 Å². The molecule has 0 saturated carbocycles. The maximum Gasteiger partial charge on any atom is 0.0706 e. The first-order valence-electron chi connectivity index (χ1n) is 6.16. The second-order valence-electron chi connectivity index (χ2n) is 3.93. The van der Waals surface area contributed by atoms with Gasteiger partial charge in [-0.15, -0.1) is 5.92 Å². The molecular weight excluding hydrogens is 186 g/mol. The van der Waals surface area contributed by atoms with Gasteiger partial charge in [-0.25, -0.2) is 0 Å². The maximum atomic E-state index is 5.84. The van der Waals surface area contributed by atoms with Crippen molar-refractivity contribution < 1.29 is 4.74 Å². The van der Waals surface area contributed by atoms with Gasteiger partial charge in [-0.05, 0) is 26.2 Å². The SMILES string of the molecule is CC.CC#CCN1CC2CCCC(C1)O2. The van der Waals surface area contributed by atoms with Crippen LogP contribution in [-0.4, -0.2) is 36.7 Å². The minimum absolute atomic E-state index is 0.492. The molecule has 0 aromatic heterocycles. The fraction of sp³-hybridized carbons (Fsp3) is 0.846. The quantitative estimate of drug-likeness (QED) is 0.614. The Labute approximate surface area is 94.0 Å². The molecule has 0 spiro atoms. The van der Waals surface area contributed by atoms with E-state index in [0.717, 1.165) is 19.6 Å². The first-order valence-corrected chi connectivity index (χ1v) is 6.16. The zero-order valence-electron chi connectivity index (χ0n) is 10.3. The van der Waals surface area contributed by atoms with Crippen molar-refractivity contribution in [1.82, 2.24) is 4.90 Å². The van der Waals surface area contributed by atoms with Crippen molar-refractivity contribution in [3.8, 4) is 11.8 Å². The first kappa shape index (κ1) is 12.5. The van der Waals surface area contributed by atoms with Crippen molar-refractivity contribution in [2.24, 2.45) is 0 Å². The lowest BCUT2D eigenvalue weighted by atomic mass is 10.00. The van der Waals surface area contributed by atoms with Crippen LogP contribution >= 0.6 is 0 Å². The summed E-state index contributed by atoms with van der Waals surface area (Å²) in [5, 5.41) is 0. The summed E-state index contributed by atoms with van der Waals surface area (Å²) < 4.78 is 5.84. The summed E-state index contributed by atoms with van der Waals surface area (Å²) in [7, 11) is 0. The third-order valence-electron chi connectivity index (χ3n) is 2.84. The highest BCUT2D eigenvalue weighted by Crippen LogP contribution is 2.24. The van der Waals surface area contributed by atoms with Crippen molar-refractivity contribution in [2.45, 2.75) is 52.2 Å². The molecule has 2 atom stereocenters. The Morgan fingerprint density at radius 3 is 2.33 bits per heavy atom. The molecule has 0 aromatic rings. The van der Waals surface area contributed by atoms with Gasteiger partial charge in [0, 0.05) is 13.1 Å². The van der Waals surface area contributed by atoms with E-state index in [4.69, 9.17) is 4.74 Å². The molecule has 2 fully saturated rings. The number of nitrogens with zero attached hydrogens (tertiary/aromatic N) is 1. The fourth-order valence-electron chi connectivity index (χ4n) is 2.22. The van der Waals surface area contributed by atoms with Gasteiger partial charge < -0.3 is 4.74 Å². The van der Waals surface area contributed by atoms with Crippen LogP contribution in [-0.2, 0) is 4.74 Å². The first-order chi connectivity index (χ1) is 7.38. The highest BCUT2D eigenvalue weighted by molar-refractivity contribution is 4.99. The van der Waals surface area contributed by atoms with Gasteiger partial charge in [0.05, 0.1) is 18.8 Å². The van der Waals surface area contributed by atoms with Gasteiger partial charge in [0.15, 0.2) is 0 Å². The molecule has 2 rings (SSSR count). The maximum absolute atomic E-state index is 5.84. The monoisotopic (exact) mass is 209 g/mol. The van der Waals surface area contributed by atoms with E-state index in [9.17, 15) is 0 Å². The lowest BCUT2D eigenvalue weighted by Crippen LogP contribution is -2.49. The Bertz CT molecular complexity index is 216. The summed E-state index contributed by atoms with van der Waals surface area (Å²) in [6, 6.07) is 0. The molecule has 0 amide bonds. The number of likely N-dealkylation sites (tertiary alicyclic amines) is 1. The molecule has 2 heterocycles. The molecule has 2 heteroatoms. The Kier molecular flexibility index (Phi) is 5.75. The lowest BCUT2D eigenvalue weighted by molar-refractivity contribution is -0.110. The van der Waals surface area contributed by atoms with Crippen LogP contribution < -0.4 is 0 Å². The van der Waals surface area contributed by atoms with E-state index in [0.29, 0.717) is 12.2 Å². The van der Waals surface area contributed by atoms with Crippen molar-refractivity contribution in [1.29, 1.82) is 0 Å². The molecular formula is C13H23NO. The Hall–Kier alpha value is -0.520. The number of hydrogen-bond donors (Lipinski definition) is 0. The van der Waals surface area contributed by atoms with Gasteiger partial charge in [0.25, 0.3) is 0 Å². The lowest BCUT2D eigenvalue weighted by Gasteiger charge is -2.40. The van der Waals surface area contributed by atoms with E-state index >= 15 is 0 Å². The van der Waals surface area contributed by atoms with Gasteiger partial charge in [0.2, 0.25) is 0 Å². The van der Waals surface area contributed by atoms with Crippen LogP contribution in [0.5, 0.6) is 0 Å². The average Bonchev–Trinajstić information content (AvgIpc) is 2.29. The highest BCUT2D eigenvalue weighted by atomic mass is 16.5. The largest absolute Gasteiger partial charge is 0.372 e. The molecule has 86 valence electrons. The molecule has 0 radical (unpaired) electrons. The van der Waals surface area contributed by atoms with E-state index in [-0.39, 0.29) is 0 Å². The van der Waals surface area contributed by atoms with Gasteiger partial charge in [0.1, 0.15) is 0 Å². The van der Waals surface area contributed by atoms with Crippen LogP contribution in [0, 0.1) is 11.8 Å². The molecule has 15 heavy (non-hydrogen) atoms. The topological polar surface area (TPSA) is 12.5 Å². The summed E-state index contributed by atoms with van der Waals surface area (Å²) in [6.07, 6.45) is 4.82. The van der Waals surface area contributed by atoms with Gasteiger partial charge in [-0.2, -0.15) is 0 Å². The van der Waals surface area contributed by atoms with E-state index in [1.54, 1.807) is 0 Å². The van der Waals surface area contributed by atoms with Gasteiger partial charge in [-0.3, -0.25) is 4.90 Å². The molecule has 0 aliphatic carbocycles. The Balaban J connectivity index is 0.000000531. The number of morpholine rings is 1. The highest BCUT2D eigenvalue weighted by Gasteiger charge is 2.30. The summed E-state index contributed by atoms with van der Waals surface area (Å²) in [4.78, 5) is 2.43. The van der Waals surface area contributed by atoms with E-state index < -0.39 is 0 Å². The summed E-state index contributed by atoms with van der Waals surface area (Å²) in [5.74, 6) is 6.08. The van der Waals surface area contributed by atoms with Crippen LogP contribution in [0.4, 0.5) is 0 Å². The van der Waals surface area contributed by atoms with Crippen molar-refractivity contribution in [3.63, 3.8) is 0 Å².